The van der Waals surface area contributed by atoms with Crippen molar-refractivity contribution < 1.29 is 23.4 Å². The number of aromatic hydroxyl groups is 1. The molecule has 0 atom stereocenters. The van der Waals surface area contributed by atoms with Crippen LogP contribution < -0.4 is 5.43 Å². The van der Waals surface area contributed by atoms with Gasteiger partial charge in [-0.25, -0.2) is 8.78 Å². The van der Waals surface area contributed by atoms with Gasteiger partial charge in [-0.1, -0.05) is 18.2 Å². The van der Waals surface area contributed by atoms with Crippen molar-refractivity contribution in [1.82, 2.24) is 0 Å². The van der Waals surface area contributed by atoms with Crippen LogP contribution in [-0.4, -0.2) is 10.2 Å². The third-order valence-corrected chi connectivity index (χ3v) is 4.58. The number of hydrogen-bond acceptors (Lipinski definition) is 4. The Hall–Kier alpha value is -3.25. The lowest BCUT2D eigenvalue weighted by molar-refractivity contribution is 0.282. The van der Waals surface area contributed by atoms with E-state index in [0.717, 1.165) is 29.8 Å². The Morgan fingerprint density at radius 2 is 1.78 bits per heavy atom. The van der Waals surface area contributed by atoms with E-state index in [9.17, 15) is 23.8 Å². The van der Waals surface area contributed by atoms with Gasteiger partial charge in [0, 0.05) is 28.6 Å². The number of fused-ring (bicyclic) bond motifs is 2. The van der Waals surface area contributed by atoms with E-state index in [0.29, 0.717) is 27.6 Å². The number of rotatable bonds is 2. The molecule has 1 aliphatic carbocycles. The van der Waals surface area contributed by atoms with E-state index < -0.39 is 22.8 Å². The van der Waals surface area contributed by atoms with Crippen molar-refractivity contribution in [2.75, 3.05) is 0 Å². The second-order valence-corrected chi connectivity index (χ2v) is 6.36. The highest BCUT2D eigenvalue weighted by Gasteiger charge is 2.22. The summed E-state index contributed by atoms with van der Waals surface area (Å²) in [6, 6.07) is 9.56. The molecule has 0 fully saturated rings. The van der Waals surface area contributed by atoms with Crippen LogP contribution in [0.25, 0.3) is 33.4 Å². The van der Waals surface area contributed by atoms with Gasteiger partial charge in [0.2, 0.25) is 5.43 Å². The van der Waals surface area contributed by atoms with Gasteiger partial charge in [-0.15, -0.1) is 0 Å². The summed E-state index contributed by atoms with van der Waals surface area (Å²) < 4.78 is 33.7. The van der Waals surface area contributed by atoms with Crippen LogP contribution >= 0.6 is 0 Å². The first-order valence-corrected chi connectivity index (χ1v) is 8.18. The summed E-state index contributed by atoms with van der Waals surface area (Å²) in [4.78, 5) is 11.7. The minimum atomic E-state index is -0.942. The van der Waals surface area contributed by atoms with Gasteiger partial charge >= 0.3 is 0 Å². The van der Waals surface area contributed by atoms with Crippen LogP contribution in [0.15, 0.2) is 51.7 Å². The van der Waals surface area contributed by atoms with Crippen LogP contribution in [-0.2, 0) is 6.61 Å². The number of phenolic OH excluding ortho intramolecular Hbond substituents is 1. The average Bonchev–Trinajstić information content (AvgIpc) is 2.63. The summed E-state index contributed by atoms with van der Waals surface area (Å²) in [5.74, 6) is -2.25. The van der Waals surface area contributed by atoms with E-state index in [1.165, 1.54) is 0 Å². The molecule has 0 amide bonds. The van der Waals surface area contributed by atoms with Crippen molar-refractivity contribution in [2.45, 2.75) is 13.5 Å². The number of benzene rings is 3. The summed E-state index contributed by atoms with van der Waals surface area (Å²) in [7, 11) is 0. The van der Waals surface area contributed by atoms with Crippen LogP contribution in [0.2, 0.25) is 0 Å². The summed E-state index contributed by atoms with van der Waals surface area (Å²) in [5, 5.41) is 19.3. The molecule has 0 radical (unpaired) electrons. The Balaban J connectivity index is 2.20. The number of phenols is 1. The summed E-state index contributed by atoms with van der Waals surface area (Å²) >= 11 is 0. The zero-order chi connectivity index (χ0) is 19.3. The normalized spacial score (nSPS) is 11.4. The standard InChI is InChI=1S/C21H14F2O4/c1-10-4-11(9-24)2-3-12(10)21-13-5-15(22)17(25)7-19(13)27-20-8-18(26)16(23)6-14(20)21/h2-8,24-25H,9H2,1H3. The van der Waals surface area contributed by atoms with Crippen molar-refractivity contribution in [3.05, 3.63) is 75.4 Å². The van der Waals surface area contributed by atoms with Gasteiger partial charge in [-0.3, -0.25) is 4.79 Å². The lowest BCUT2D eigenvalue weighted by atomic mass is 9.90. The van der Waals surface area contributed by atoms with Crippen molar-refractivity contribution in [3.63, 3.8) is 0 Å². The summed E-state index contributed by atoms with van der Waals surface area (Å²) in [6.07, 6.45) is 0. The minimum Gasteiger partial charge on any atom is -0.505 e. The number of aryl methyl sites for hydroxylation is 1. The smallest absolute Gasteiger partial charge is 0.217 e. The topological polar surface area (TPSA) is 70.7 Å². The van der Waals surface area contributed by atoms with Crippen LogP contribution in [0.1, 0.15) is 11.1 Å². The number of aliphatic hydroxyl groups is 1. The van der Waals surface area contributed by atoms with Gasteiger partial charge in [0.05, 0.1) is 6.61 Å². The molecule has 136 valence electrons. The predicted octanol–water partition coefficient (Wildman–Crippen LogP) is 4.35. The fourth-order valence-corrected chi connectivity index (χ4v) is 3.30. The van der Waals surface area contributed by atoms with E-state index in [1.54, 1.807) is 18.2 Å². The van der Waals surface area contributed by atoms with Crippen LogP contribution in [0.3, 0.4) is 0 Å². The van der Waals surface area contributed by atoms with Gasteiger partial charge in [0.25, 0.3) is 0 Å². The van der Waals surface area contributed by atoms with E-state index in [4.69, 9.17) is 4.42 Å². The molecule has 6 heteroatoms. The zero-order valence-corrected chi connectivity index (χ0v) is 14.2. The number of hydrogen-bond donors (Lipinski definition) is 2. The van der Waals surface area contributed by atoms with E-state index in [2.05, 4.69) is 0 Å². The molecule has 0 aromatic heterocycles. The molecule has 0 bridgehead atoms. The molecular weight excluding hydrogens is 354 g/mol. The highest BCUT2D eigenvalue weighted by molar-refractivity contribution is 6.02. The second kappa shape index (κ2) is 6.17. The van der Waals surface area contributed by atoms with Crippen molar-refractivity contribution in [3.8, 4) is 28.2 Å². The Bertz CT molecular complexity index is 1230. The fourth-order valence-electron chi connectivity index (χ4n) is 3.30. The van der Waals surface area contributed by atoms with Crippen LogP contribution in [0, 0.1) is 18.6 Å². The van der Waals surface area contributed by atoms with Gasteiger partial charge < -0.3 is 14.6 Å². The molecule has 1 aliphatic heterocycles. The van der Waals surface area contributed by atoms with Crippen molar-refractivity contribution >= 4 is 11.0 Å². The van der Waals surface area contributed by atoms with E-state index >= 15 is 0 Å². The molecule has 0 saturated carbocycles. The molecule has 2 aromatic rings. The van der Waals surface area contributed by atoms with E-state index in [1.807, 2.05) is 6.92 Å². The van der Waals surface area contributed by atoms with Crippen molar-refractivity contribution in [2.24, 2.45) is 0 Å². The molecule has 4 nitrogen and oxygen atoms in total. The van der Waals surface area contributed by atoms with E-state index in [-0.39, 0.29) is 18.0 Å². The Labute approximate surface area is 152 Å². The second-order valence-electron chi connectivity index (χ2n) is 6.36. The van der Waals surface area contributed by atoms with Crippen LogP contribution in [0.5, 0.6) is 5.75 Å². The van der Waals surface area contributed by atoms with Crippen LogP contribution in [0.4, 0.5) is 8.78 Å². The molecule has 27 heavy (non-hydrogen) atoms. The maximum absolute atomic E-state index is 14.1. The predicted molar refractivity (Wildman–Crippen MR) is 96.8 cm³/mol. The zero-order valence-electron chi connectivity index (χ0n) is 14.2. The quantitative estimate of drug-likeness (QED) is 0.516. The van der Waals surface area contributed by atoms with Crippen molar-refractivity contribution in [1.29, 1.82) is 0 Å². The van der Waals surface area contributed by atoms with Gasteiger partial charge in [0.15, 0.2) is 17.4 Å². The molecule has 0 saturated heterocycles. The Morgan fingerprint density at radius 1 is 1.00 bits per heavy atom. The maximum atomic E-state index is 14.1. The Kier molecular flexibility index (Phi) is 3.93. The first kappa shape index (κ1) is 17.2. The molecule has 2 aromatic carbocycles. The molecular formula is C21H14F2O4. The molecule has 0 unspecified atom stereocenters. The molecule has 2 N–H and O–H groups in total. The first-order chi connectivity index (χ1) is 12.9. The fraction of sp³-hybridized carbons (Fsp3) is 0.0952. The minimum absolute atomic E-state index is 0.126. The number of aliphatic hydroxyl groups excluding tert-OH is 1. The Morgan fingerprint density at radius 3 is 2.48 bits per heavy atom. The SMILES string of the molecule is Cc1cc(CO)ccc1-c1c2cc(F)c(=O)cc-2oc2cc(O)c(F)cc12. The largest absolute Gasteiger partial charge is 0.505 e. The summed E-state index contributed by atoms with van der Waals surface area (Å²) in [5.41, 5.74) is 2.26. The molecule has 4 rings (SSSR count). The third-order valence-electron chi connectivity index (χ3n) is 4.58. The van der Waals surface area contributed by atoms with Gasteiger partial charge in [-0.05, 0) is 35.7 Å². The average molecular weight is 368 g/mol. The third kappa shape index (κ3) is 2.74. The molecule has 0 spiro atoms. The lowest BCUT2D eigenvalue weighted by Gasteiger charge is -2.17. The maximum Gasteiger partial charge on any atom is 0.217 e. The first-order valence-electron chi connectivity index (χ1n) is 8.18. The molecule has 2 aliphatic rings. The van der Waals surface area contributed by atoms with Gasteiger partial charge in [-0.2, -0.15) is 0 Å². The highest BCUT2D eigenvalue weighted by Crippen LogP contribution is 2.42. The highest BCUT2D eigenvalue weighted by atomic mass is 19.1. The van der Waals surface area contributed by atoms with Gasteiger partial charge in [0.1, 0.15) is 11.3 Å². The molecule has 1 heterocycles. The number of halogens is 2. The lowest BCUT2D eigenvalue weighted by Crippen LogP contribution is -2.07. The summed E-state index contributed by atoms with van der Waals surface area (Å²) in [6.45, 7) is 1.68. The monoisotopic (exact) mass is 368 g/mol.